The number of carbonyl (C=O) groups excluding carboxylic acids is 1. The first-order valence-corrected chi connectivity index (χ1v) is 27.7. The Kier molecular flexibility index (Phi) is 23.4. The van der Waals surface area contributed by atoms with Crippen molar-refractivity contribution in [2.75, 3.05) is 33.0 Å². The molecule has 0 saturated heterocycles. The molecule has 0 aliphatic heterocycles. The lowest BCUT2D eigenvalue weighted by Gasteiger charge is -2.23. The Balaban J connectivity index is 1.57. The van der Waals surface area contributed by atoms with Gasteiger partial charge in [-0.2, -0.15) is 8.75 Å². The molecule has 0 radical (unpaired) electrons. The zero-order valence-electron chi connectivity index (χ0n) is 43.1. The first-order valence-electron chi connectivity index (χ1n) is 26.9. The third-order valence-electron chi connectivity index (χ3n) is 12.9. The van der Waals surface area contributed by atoms with E-state index < -0.39 is 0 Å². The van der Waals surface area contributed by atoms with Crippen LogP contribution in [0.2, 0.25) is 0 Å². The molecule has 0 unspecified atom stereocenters. The SMILES string of the molecule is CCCCCCOc1ccc(-c2cc(-c3ccc(-c4ccc(C=O)cc4)c4nsnc34)cc(-c3ccc(OCCCCCC)cc3OCCCCCC)c2OCCCCCC)c(OCCCCCC)c1. The number of aldehydes is 1. The van der Waals surface area contributed by atoms with Crippen molar-refractivity contribution < 1.29 is 28.5 Å². The second-order valence-electron chi connectivity index (χ2n) is 18.6. The Morgan fingerprint density at radius 3 is 1.19 bits per heavy atom. The standard InChI is InChI=1S/C61H80N2O6S/c1-6-11-16-21-36-65-49-30-32-53(57(43-49)67-38-23-18-13-8-3)55-41-48(52-35-34-51(59-60(52)63-70-62-59)47-28-26-46(45-64)27-29-47)42-56(61(55)69-40-25-20-15-10-5)54-33-31-50(66-37-22-17-12-7-2)44-58(54)68-39-24-19-14-9-4/h26-35,41-45H,6-25,36-40H2,1-5H3. The largest absolute Gasteiger partial charge is 0.493 e. The summed E-state index contributed by atoms with van der Waals surface area (Å²) in [7, 11) is 0. The molecule has 1 heterocycles. The van der Waals surface area contributed by atoms with Gasteiger partial charge in [0.05, 0.1) is 44.8 Å². The van der Waals surface area contributed by atoms with E-state index in [4.69, 9.17) is 32.4 Å². The van der Waals surface area contributed by atoms with Gasteiger partial charge in [0.2, 0.25) is 0 Å². The number of unbranched alkanes of at least 4 members (excludes halogenated alkanes) is 15. The number of carbonyl (C=O) groups is 1. The molecule has 5 aromatic carbocycles. The summed E-state index contributed by atoms with van der Waals surface area (Å²) in [6.45, 7) is 14.3. The van der Waals surface area contributed by atoms with E-state index in [9.17, 15) is 4.79 Å². The summed E-state index contributed by atoms with van der Waals surface area (Å²) in [4.78, 5) is 11.6. The quantitative estimate of drug-likeness (QED) is 0.0287. The highest BCUT2D eigenvalue weighted by molar-refractivity contribution is 7.00. The molecule has 0 fully saturated rings. The predicted molar refractivity (Wildman–Crippen MR) is 293 cm³/mol. The van der Waals surface area contributed by atoms with E-state index in [1.807, 2.05) is 24.3 Å². The van der Waals surface area contributed by atoms with Gasteiger partial charge in [0.25, 0.3) is 0 Å². The molecule has 9 heteroatoms. The van der Waals surface area contributed by atoms with E-state index in [1.54, 1.807) is 0 Å². The predicted octanol–water partition coefficient (Wildman–Crippen LogP) is 18.0. The molecule has 376 valence electrons. The number of hydrogen-bond donors (Lipinski definition) is 0. The molecular weight excluding hydrogens is 889 g/mol. The van der Waals surface area contributed by atoms with Crippen LogP contribution < -0.4 is 23.7 Å². The Morgan fingerprint density at radius 2 is 0.771 bits per heavy atom. The lowest BCUT2D eigenvalue weighted by molar-refractivity contribution is 0.112. The highest BCUT2D eigenvalue weighted by Gasteiger charge is 2.24. The van der Waals surface area contributed by atoms with Crippen LogP contribution in [-0.4, -0.2) is 48.1 Å². The van der Waals surface area contributed by atoms with E-state index in [-0.39, 0.29) is 0 Å². The van der Waals surface area contributed by atoms with Gasteiger partial charge >= 0.3 is 0 Å². The number of rotatable bonds is 35. The Labute approximate surface area is 424 Å². The third kappa shape index (κ3) is 15.8. The molecule has 1 aromatic heterocycles. The molecule has 0 atom stereocenters. The summed E-state index contributed by atoms with van der Waals surface area (Å²) in [6.07, 6.45) is 23.1. The smallest absolute Gasteiger partial charge is 0.150 e. The van der Waals surface area contributed by atoms with Gasteiger partial charge in [-0.15, -0.1) is 0 Å². The minimum atomic E-state index is 0.565. The van der Waals surface area contributed by atoms with Gasteiger partial charge in [-0.25, -0.2) is 0 Å². The molecule has 0 aliphatic rings. The van der Waals surface area contributed by atoms with Crippen LogP contribution in [0.1, 0.15) is 173 Å². The van der Waals surface area contributed by atoms with E-state index in [1.165, 1.54) is 50.3 Å². The lowest BCUT2D eigenvalue weighted by atomic mass is 9.90. The second kappa shape index (κ2) is 30.4. The third-order valence-corrected chi connectivity index (χ3v) is 13.5. The van der Waals surface area contributed by atoms with Gasteiger partial charge in [0.1, 0.15) is 46.1 Å². The molecule has 0 N–H and O–H groups in total. The topological polar surface area (TPSA) is 89.0 Å². The summed E-state index contributed by atoms with van der Waals surface area (Å²) < 4.78 is 43.5. The van der Waals surface area contributed by atoms with E-state index in [2.05, 4.69) is 95.3 Å². The fourth-order valence-electron chi connectivity index (χ4n) is 8.85. The summed E-state index contributed by atoms with van der Waals surface area (Å²) in [5.41, 5.74) is 9.86. The van der Waals surface area contributed by atoms with E-state index in [0.29, 0.717) is 38.6 Å². The summed E-state index contributed by atoms with van der Waals surface area (Å²) in [6, 6.07) is 29.1. The Bertz CT molecular complexity index is 2370. The average molecular weight is 969 g/mol. The van der Waals surface area contributed by atoms with Crippen molar-refractivity contribution in [1.29, 1.82) is 0 Å². The minimum absolute atomic E-state index is 0.565. The number of hydrogen-bond acceptors (Lipinski definition) is 9. The number of nitrogens with zero attached hydrogens (tertiary/aromatic N) is 2. The van der Waals surface area contributed by atoms with Crippen LogP contribution in [0.15, 0.2) is 84.9 Å². The van der Waals surface area contributed by atoms with E-state index in [0.717, 1.165) is 180 Å². The minimum Gasteiger partial charge on any atom is -0.493 e. The molecule has 0 spiro atoms. The van der Waals surface area contributed by atoms with Crippen LogP contribution in [-0.2, 0) is 0 Å². The average Bonchev–Trinajstić information content (AvgIpc) is 3.89. The first-order chi connectivity index (χ1) is 34.5. The Hall–Kier alpha value is -5.41. The van der Waals surface area contributed by atoms with Crippen LogP contribution in [0.5, 0.6) is 28.7 Å². The molecule has 0 saturated carbocycles. The maximum Gasteiger partial charge on any atom is 0.150 e. The van der Waals surface area contributed by atoms with Gasteiger partial charge in [-0.3, -0.25) is 4.79 Å². The van der Waals surface area contributed by atoms with Crippen molar-refractivity contribution in [2.45, 2.75) is 163 Å². The number of ether oxygens (including phenoxy) is 5. The molecule has 0 amide bonds. The highest BCUT2D eigenvalue weighted by Crippen LogP contribution is 2.50. The highest BCUT2D eigenvalue weighted by atomic mass is 32.1. The summed E-state index contributed by atoms with van der Waals surface area (Å²) >= 11 is 1.21. The van der Waals surface area contributed by atoms with Gasteiger partial charge < -0.3 is 23.7 Å². The van der Waals surface area contributed by atoms with Gasteiger partial charge in [0.15, 0.2) is 0 Å². The number of aromatic nitrogens is 2. The fraction of sp³-hybridized carbons (Fsp3) is 0.492. The summed E-state index contributed by atoms with van der Waals surface area (Å²) in [5, 5.41) is 0. The molecule has 0 bridgehead atoms. The van der Waals surface area contributed by atoms with Crippen LogP contribution in [0.4, 0.5) is 0 Å². The molecule has 0 aliphatic carbocycles. The van der Waals surface area contributed by atoms with Crippen LogP contribution >= 0.6 is 11.7 Å². The lowest BCUT2D eigenvalue weighted by Crippen LogP contribution is -2.05. The van der Waals surface area contributed by atoms with Crippen molar-refractivity contribution >= 4 is 29.0 Å². The summed E-state index contributed by atoms with van der Waals surface area (Å²) in [5.74, 6) is 3.94. The molecule has 6 rings (SSSR count). The van der Waals surface area contributed by atoms with Crippen molar-refractivity contribution in [3.63, 3.8) is 0 Å². The van der Waals surface area contributed by atoms with Crippen LogP contribution in [0.25, 0.3) is 55.5 Å². The maximum absolute atomic E-state index is 11.6. The number of fused-ring (bicyclic) bond motifs is 1. The molecule has 8 nitrogen and oxygen atoms in total. The van der Waals surface area contributed by atoms with Crippen molar-refractivity contribution in [2.24, 2.45) is 0 Å². The monoisotopic (exact) mass is 969 g/mol. The van der Waals surface area contributed by atoms with Crippen molar-refractivity contribution in [3.05, 3.63) is 90.5 Å². The van der Waals surface area contributed by atoms with Gasteiger partial charge in [-0.05, 0) is 79.6 Å². The van der Waals surface area contributed by atoms with Crippen LogP contribution in [0.3, 0.4) is 0 Å². The fourth-order valence-corrected chi connectivity index (χ4v) is 9.42. The van der Waals surface area contributed by atoms with Crippen LogP contribution in [0, 0.1) is 0 Å². The first kappa shape index (κ1) is 53.9. The molecule has 70 heavy (non-hydrogen) atoms. The van der Waals surface area contributed by atoms with Crippen molar-refractivity contribution in [1.82, 2.24) is 8.75 Å². The molecular formula is C61H80N2O6S. The number of benzene rings is 5. The zero-order chi connectivity index (χ0) is 49.2. The molecule has 6 aromatic rings. The van der Waals surface area contributed by atoms with Crippen molar-refractivity contribution in [3.8, 4) is 73.3 Å². The zero-order valence-corrected chi connectivity index (χ0v) is 43.9. The second-order valence-corrected chi connectivity index (χ2v) is 19.2. The Morgan fingerprint density at radius 1 is 0.386 bits per heavy atom. The maximum atomic E-state index is 11.6. The van der Waals surface area contributed by atoms with Gasteiger partial charge in [-0.1, -0.05) is 167 Å². The van der Waals surface area contributed by atoms with Gasteiger partial charge in [0, 0.05) is 51.1 Å². The normalized spacial score (nSPS) is 11.3. The van der Waals surface area contributed by atoms with E-state index >= 15 is 0 Å².